The summed E-state index contributed by atoms with van der Waals surface area (Å²) in [6.45, 7) is 15.1. The third-order valence-corrected chi connectivity index (χ3v) is 14.9. The van der Waals surface area contributed by atoms with Gasteiger partial charge in [0.05, 0.1) is 25.1 Å². The lowest BCUT2D eigenvalue weighted by molar-refractivity contribution is -0.154. The first-order chi connectivity index (χ1) is 23.4. The Hall–Kier alpha value is -3.02. The topological polar surface area (TPSA) is 78.9 Å². The van der Waals surface area contributed by atoms with E-state index in [2.05, 4.69) is 65.8 Å². The molecule has 49 heavy (non-hydrogen) atoms. The van der Waals surface area contributed by atoms with Crippen molar-refractivity contribution in [3.63, 3.8) is 0 Å². The largest absolute Gasteiger partial charge is 0.472 e. The Morgan fingerprint density at radius 1 is 0.694 bits per heavy atom. The van der Waals surface area contributed by atoms with E-state index < -0.39 is 11.9 Å². The summed E-state index contributed by atoms with van der Waals surface area (Å²) in [6.07, 6.45) is 24.6. The van der Waals surface area contributed by atoms with Crippen LogP contribution in [0.15, 0.2) is 69.3 Å². The second-order valence-corrected chi connectivity index (χ2v) is 17.2. The van der Waals surface area contributed by atoms with Gasteiger partial charge in [-0.1, -0.05) is 53.7 Å². The zero-order valence-electron chi connectivity index (χ0n) is 31.0. The first kappa shape index (κ1) is 35.8. The molecule has 0 radical (unpaired) electrons. The number of hydrogen-bond acceptors (Lipinski definition) is 6. The van der Waals surface area contributed by atoms with E-state index in [1.54, 1.807) is 12.5 Å². The summed E-state index contributed by atoms with van der Waals surface area (Å²) in [4.78, 5) is 26.1. The fourth-order valence-electron chi connectivity index (χ4n) is 11.1. The first-order valence-electron chi connectivity index (χ1n) is 19.1. The molecule has 0 saturated heterocycles. The maximum Gasteiger partial charge on any atom is 0.317 e. The summed E-state index contributed by atoms with van der Waals surface area (Å²) >= 11 is 0. The third-order valence-electron chi connectivity index (χ3n) is 14.9. The molecule has 4 aliphatic rings. The van der Waals surface area contributed by atoms with Gasteiger partial charge in [-0.05, 0) is 157 Å². The summed E-state index contributed by atoms with van der Waals surface area (Å²) in [7, 11) is 0. The van der Waals surface area contributed by atoms with Crippen LogP contribution in [0.1, 0.15) is 123 Å². The highest BCUT2D eigenvalue weighted by molar-refractivity contribution is 5.91. The fourth-order valence-corrected chi connectivity index (χ4v) is 11.1. The molecule has 0 aromatic carbocycles. The molecule has 2 saturated carbocycles. The number of carbonyl (C=O) groups is 2. The monoisotopic (exact) mass is 672 g/mol. The molecule has 2 fully saturated rings. The van der Waals surface area contributed by atoms with Crippen LogP contribution in [-0.2, 0) is 31.9 Å². The zero-order chi connectivity index (χ0) is 34.9. The van der Waals surface area contributed by atoms with Crippen LogP contribution < -0.4 is 0 Å². The molecule has 2 aromatic heterocycles. The van der Waals surface area contributed by atoms with E-state index in [1.807, 2.05) is 12.5 Å². The van der Waals surface area contributed by atoms with Gasteiger partial charge in [-0.3, -0.25) is 9.59 Å². The Kier molecular flexibility index (Phi) is 10.5. The number of aryl methyl sites for hydroxylation is 2. The normalized spacial score (nSPS) is 35.8. The van der Waals surface area contributed by atoms with Crippen LogP contribution in [0.3, 0.4) is 0 Å². The van der Waals surface area contributed by atoms with Gasteiger partial charge >= 0.3 is 11.9 Å². The second kappa shape index (κ2) is 14.3. The number of allylic oxidation sites excluding steroid dienone is 2. The molecule has 0 N–H and O–H groups in total. The van der Waals surface area contributed by atoms with Crippen molar-refractivity contribution in [2.75, 3.05) is 13.2 Å². The van der Waals surface area contributed by atoms with Crippen molar-refractivity contribution < 1.29 is 27.9 Å². The van der Waals surface area contributed by atoms with Gasteiger partial charge in [-0.2, -0.15) is 0 Å². The molecular weight excluding hydrogens is 612 g/mol. The predicted octanol–water partition coefficient (Wildman–Crippen LogP) is 10.5. The van der Waals surface area contributed by atoms with E-state index >= 15 is 0 Å². The van der Waals surface area contributed by atoms with E-state index in [9.17, 15) is 9.59 Å². The molecule has 268 valence electrons. The van der Waals surface area contributed by atoms with Gasteiger partial charge in [0.25, 0.3) is 0 Å². The lowest BCUT2D eigenvalue weighted by atomic mass is 9.47. The Bertz CT molecular complexity index is 1390. The quantitative estimate of drug-likeness (QED) is 0.127. The minimum Gasteiger partial charge on any atom is -0.472 e. The highest BCUT2D eigenvalue weighted by Crippen LogP contribution is 2.63. The maximum absolute atomic E-state index is 13.0. The van der Waals surface area contributed by atoms with Crippen LogP contribution in [0.25, 0.3) is 0 Å². The molecule has 0 bridgehead atoms. The van der Waals surface area contributed by atoms with Crippen molar-refractivity contribution in [2.24, 2.45) is 45.3 Å². The predicted molar refractivity (Wildman–Crippen MR) is 191 cm³/mol. The van der Waals surface area contributed by atoms with Crippen molar-refractivity contribution >= 4 is 11.9 Å². The lowest BCUT2D eigenvalue weighted by Gasteiger charge is -2.58. The number of carbonyl (C=O) groups excluding carboxylic acids is 2. The van der Waals surface area contributed by atoms with Gasteiger partial charge in [0, 0.05) is 0 Å². The molecule has 0 spiro atoms. The molecule has 0 aliphatic heterocycles. The zero-order valence-corrected chi connectivity index (χ0v) is 31.0. The number of fused-ring (bicyclic) bond motifs is 2. The summed E-state index contributed by atoms with van der Waals surface area (Å²) in [5, 5.41) is 0. The standard InChI is InChI=1S/C43H60O6/c1-30-13-19-42(5)34(9-7-11-36(42)40(30,3)21-15-32-17-23-46-26-32)28-48-38(44)25-39(45)49-29-35-10-8-12-37-41(4,22-16-33-18-24-47-27-33)31(2)14-20-43(35,37)6/h9-10,17-18,23-24,26-27,30-31,36-37H,7-8,11-16,19-22,25,28-29H2,1-6H3. The van der Waals surface area contributed by atoms with Crippen LogP contribution in [0.4, 0.5) is 0 Å². The van der Waals surface area contributed by atoms with E-state index in [0.29, 0.717) is 23.7 Å². The Labute approximate surface area is 294 Å². The summed E-state index contributed by atoms with van der Waals surface area (Å²) in [5.41, 5.74) is 5.32. The molecule has 8 unspecified atom stereocenters. The van der Waals surface area contributed by atoms with Gasteiger partial charge in [0.15, 0.2) is 0 Å². The van der Waals surface area contributed by atoms with Crippen molar-refractivity contribution in [1.82, 2.24) is 0 Å². The molecular formula is C43H60O6. The Morgan fingerprint density at radius 3 is 1.51 bits per heavy atom. The van der Waals surface area contributed by atoms with Crippen molar-refractivity contribution in [1.29, 1.82) is 0 Å². The van der Waals surface area contributed by atoms with Gasteiger partial charge in [-0.15, -0.1) is 0 Å². The highest BCUT2D eigenvalue weighted by atomic mass is 16.6. The number of ether oxygens (including phenoxy) is 2. The van der Waals surface area contributed by atoms with E-state index in [0.717, 1.165) is 77.0 Å². The smallest absolute Gasteiger partial charge is 0.317 e. The molecule has 6 nitrogen and oxygen atoms in total. The van der Waals surface area contributed by atoms with Crippen LogP contribution in [0, 0.1) is 45.3 Å². The average Bonchev–Trinajstić information content (AvgIpc) is 3.81. The summed E-state index contributed by atoms with van der Waals surface area (Å²) in [6, 6.07) is 4.15. The molecule has 6 rings (SSSR count). The minimum absolute atomic E-state index is 0.0132. The molecule has 2 aromatic rings. The summed E-state index contributed by atoms with van der Waals surface area (Å²) in [5.74, 6) is 1.29. The minimum atomic E-state index is -0.497. The number of rotatable bonds is 12. The van der Waals surface area contributed by atoms with Gasteiger partial charge in [-0.25, -0.2) is 0 Å². The Morgan fingerprint density at radius 2 is 1.12 bits per heavy atom. The molecule has 6 heteroatoms. The number of furan rings is 2. The first-order valence-corrected chi connectivity index (χ1v) is 19.1. The second-order valence-electron chi connectivity index (χ2n) is 17.2. The van der Waals surface area contributed by atoms with E-state index in [1.165, 1.54) is 22.3 Å². The van der Waals surface area contributed by atoms with Gasteiger partial charge in [0.1, 0.15) is 19.6 Å². The van der Waals surface area contributed by atoms with Crippen LogP contribution in [0.5, 0.6) is 0 Å². The Balaban J connectivity index is 1.02. The third kappa shape index (κ3) is 7.00. The van der Waals surface area contributed by atoms with Crippen molar-refractivity contribution in [3.05, 3.63) is 71.6 Å². The van der Waals surface area contributed by atoms with Crippen LogP contribution in [-0.4, -0.2) is 25.2 Å². The average molecular weight is 673 g/mol. The number of hydrogen-bond donors (Lipinski definition) is 0. The van der Waals surface area contributed by atoms with Crippen molar-refractivity contribution in [2.45, 2.75) is 125 Å². The lowest BCUT2D eigenvalue weighted by Crippen LogP contribution is -2.50. The molecule has 8 atom stereocenters. The fraction of sp³-hybridized carbons (Fsp3) is 0.674. The van der Waals surface area contributed by atoms with Gasteiger partial charge < -0.3 is 18.3 Å². The van der Waals surface area contributed by atoms with Gasteiger partial charge in [0.2, 0.25) is 0 Å². The maximum atomic E-state index is 13.0. The number of esters is 2. The molecule has 2 heterocycles. The van der Waals surface area contributed by atoms with Crippen LogP contribution in [0.2, 0.25) is 0 Å². The van der Waals surface area contributed by atoms with E-state index in [4.69, 9.17) is 18.3 Å². The van der Waals surface area contributed by atoms with Crippen molar-refractivity contribution in [3.8, 4) is 0 Å². The summed E-state index contributed by atoms with van der Waals surface area (Å²) < 4.78 is 22.4. The SMILES string of the molecule is CC1CCC2(C)C(COC(=O)CC(=O)OCC3=CCCC4C3(C)CCC(C)C4(C)CCc3ccoc3)=CCCC2C1(C)CCc1ccoc1. The molecule has 0 amide bonds. The van der Waals surface area contributed by atoms with E-state index in [-0.39, 0.29) is 41.3 Å². The van der Waals surface area contributed by atoms with Crippen LogP contribution >= 0.6 is 0 Å². The molecule has 4 aliphatic carbocycles. The highest BCUT2D eigenvalue weighted by Gasteiger charge is 2.55.